The van der Waals surface area contributed by atoms with Gasteiger partial charge in [-0.3, -0.25) is 25.5 Å². The van der Waals surface area contributed by atoms with Gasteiger partial charge in [0.1, 0.15) is 17.5 Å². The van der Waals surface area contributed by atoms with E-state index in [-0.39, 0.29) is 13.5 Å². The highest BCUT2D eigenvalue weighted by Crippen LogP contribution is 2.42. The number of H-pyrrole nitrogens is 5. The number of hydrogen-bond donors (Lipinski definition) is 12. The molecule has 98 heavy (non-hydrogen) atoms. The predicted molar refractivity (Wildman–Crippen MR) is 390 cm³/mol. The van der Waals surface area contributed by atoms with E-state index in [1.54, 1.807) is 43.0 Å². The predicted octanol–water partition coefficient (Wildman–Crippen LogP) is 15.1. The molecule has 13 aromatic rings. The van der Waals surface area contributed by atoms with Crippen molar-refractivity contribution >= 4 is 96.8 Å². The highest BCUT2D eigenvalue weighted by Gasteiger charge is 2.28. The lowest BCUT2D eigenvalue weighted by Gasteiger charge is -2.08. The van der Waals surface area contributed by atoms with E-state index >= 15 is 0 Å². The molecule has 4 fully saturated rings. The second-order valence-corrected chi connectivity index (χ2v) is 25.3. The summed E-state index contributed by atoms with van der Waals surface area (Å²) in [5.74, 6) is 13.0. The normalized spacial score (nSPS) is 14.0. The van der Waals surface area contributed by atoms with Crippen LogP contribution in [-0.4, -0.2) is 99.3 Å². The van der Waals surface area contributed by atoms with Crippen LogP contribution >= 0.6 is 0 Å². The number of primary sulfonamides is 1. The van der Waals surface area contributed by atoms with Crippen LogP contribution in [0.3, 0.4) is 0 Å². The number of aromatic nitrogens is 18. The van der Waals surface area contributed by atoms with Gasteiger partial charge in [-0.05, 0) is 113 Å². The van der Waals surface area contributed by atoms with Gasteiger partial charge < -0.3 is 31.9 Å². The molecule has 4 aliphatic rings. The molecule has 0 unspecified atom stereocenters. The monoisotopic (exact) mass is 1330 g/mol. The van der Waals surface area contributed by atoms with Crippen LogP contribution in [0.1, 0.15) is 124 Å². The number of nitrogens with zero attached hydrogens (tertiary/aromatic N) is 13. The van der Waals surface area contributed by atoms with Gasteiger partial charge in [0, 0.05) is 138 Å². The highest BCUT2D eigenvalue weighted by molar-refractivity contribution is 7.89. The van der Waals surface area contributed by atoms with Gasteiger partial charge in [0.25, 0.3) is 0 Å². The van der Waals surface area contributed by atoms with Crippen molar-refractivity contribution in [2.45, 2.75) is 86.9 Å². The van der Waals surface area contributed by atoms with E-state index in [0.717, 1.165) is 67.9 Å². The number of nitrogens with two attached hydrogens (primary N) is 1. The lowest BCUT2D eigenvalue weighted by Crippen LogP contribution is -2.11. The van der Waals surface area contributed by atoms with Crippen LogP contribution in [0, 0.1) is 12.3 Å². The Morgan fingerprint density at radius 1 is 0.490 bits per heavy atom. The van der Waals surface area contributed by atoms with Crippen LogP contribution in [0.5, 0.6) is 0 Å². The van der Waals surface area contributed by atoms with Crippen molar-refractivity contribution in [2.24, 2.45) is 5.14 Å². The van der Waals surface area contributed by atoms with Gasteiger partial charge >= 0.3 is 0 Å². The van der Waals surface area contributed by atoms with Gasteiger partial charge in [-0.25, -0.2) is 43.5 Å². The Labute approximate surface area is 571 Å². The quantitative estimate of drug-likeness (QED) is 0.0315. The minimum atomic E-state index is -3.71. The molecule has 27 nitrogen and oxygen atoms in total. The molecular weight excluding hydrogens is 1260 g/mol. The number of hydrogen-bond acceptors (Lipinski definition) is 21. The van der Waals surface area contributed by atoms with E-state index in [4.69, 9.17) is 16.5 Å². The summed E-state index contributed by atoms with van der Waals surface area (Å²) in [6.07, 6.45) is 28.0. The molecule has 13 N–H and O–H groups in total. The average Bonchev–Trinajstić information content (AvgIpc) is 1.62. The molecule has 502 valence electrons. The number of fused-ring (bicyclic) bond motifs is 1. The van der Waals surface area contributed by atoms with Gasteiger partial charge in [-0.15, -0.1) is 6.42 Å². The largest absolute Gasteiger partial charge is 0.324 e. The zero-order valence-electron chi connectivity index (χ0n) is 53.0. The summed E-state index contributed by atoms with van der Waals surface area (Å²) in [5.41, 5.74) is 10.7. The molecule has 0 amide bonds. The summed E-state index contributed by atoms with van der Waals surface area (Å²) in [6.45, 7) is 1.98. The number of sulfonamides is 1. The van der Waals surface area contributed by atoms with E-state index in [1.807, 2.05) is 128 Å². The van der Waals surface area contributed by atoms with Crippen LogP contribution in [0.15, 0.2) is 181 Å². The molecule has 0 bridgehead atoms. The SMILES string of the molecule is C#Cc1cnc(-c2ccccc2)nc1Nc1cc(C2CC2)[nH]n1.C/C=C/c1cnc(-c2ccccc2)nc1Nc1cc(C2CC2)[nH]n1.NS(=O)(=O)c1ccc(Nc2nccc(Nc3cc(C4CC4)[nH]n3)n2)cc1.[HH].[HH].[HH].[HH].[HH].[HH].c1cc(Nc2cc(C3CC3)[nH]n2)nc(Nc2ccc3[nH]ncc3c2)n1. The van der Waals surface area contributed by atoms with Crippen LogP contribution in [0.25, 0.3) is 39.8 Å². The van der Waals surface area contributed by atoms with Gasteiger partial charge in [-0.2, -0.15) is 35.5 Å². The van der Waals surface area contributed by atoms with Crippen LogP contribution in [0.4, 0.5) is 69.8 Å². The first-order valence-corrected chi connectivity index (χ1v) is 33.5. The van der Waals surface area contributed by atoms with Crippen molar-refractivity contribution in [3.63, 3.8) is 0 Å². The second-order valence-electron chi connectivity index (χ2n) is 23.8. The molecular formula is C70H79N25O2S. The summed E-state index contributed by atoms with van der Waals surface area (Å²) in [4.78, 5) is 35.4. The molecule has 9 aromatic heterocycles. The third-order valence-corrected chi connectivity index (χ3v) is 17.0. The Hall–Kier alpha value is -12.5. The Morgan fingerprint density at radius 3 is 1.43 bits per heavy atom. The maximum atomic E-state index is 11.3. The number of rotatable bonds is 20. The first-order chi connectivity index (χ1) is 48.0. The van der Waals surface area contributed by atoms with Crippen molar-refractivity contribution in [1.29, 1.82) is 0 Å². The summed E-state index contributed by atoms with van der Waals surface area (Å²) >= 11 is 0. The van der Waals surface area contributed by atoms with E-state index in [9.17, 15) is 8.42 Å². The van der Waals surface area contributed by atoms with E-state index in [2.05, 4.69) is 130 Å². The van der Waals surface area contributed by atoms with Gasteiger partial charge in [-0.1, -0.05) is 78.7 Å². The number of allylic oxidation sites excluding steroid dienone is 1. The fourth-order valence-electron chi connectivity index (χ4n) is 10.3. The Bertz CT molecular complexity index is 5100. The highest BCUT2D eigenvalue weighted by atomic mass is 32.2. The third-order valence-electron chi connectivity index (χ3n) is 16.1. The molecule has 9 heterocycles. The van der Waals surface area contributed by atoms with Crippen LogP contribution in [-0.2, 0) is 10.0 Å². The standard InChI is InChI=1S/C19H19N5.C18H15N5.C17H16N8.C16H17N7O2S.6H2/c1-2-6-15-12-20-18(14-7-4-3-5-8-14)22-19(15)21-17-11-16(23-24-17)13-9-10-13;1-2-12-11-19-17(14-6-4-3-5-7-14)21-18(12)20-16-10-15(22-23-16)13-8-9-13;1-2-10(1)14-8-16(25-24-14)21-15-5-6-18-17(22-15)20-12-3-4-13-11(7-12)9-19-23-13;17-26(24,25)12-5-3-11(4-6-12)19-16-18-8-7-14(21-16)20-15-9-13(22-23-15)10-1-2-10;;;;;;/h2-8,11-13H,9-10H2,1H3,(H2,20,21,22,23,24);1,3-7,10-11,13H,8-9H2,(H2,19,20,21,22,23);3-10H,1-2H2,(H,19,23)(H3,18,20,21,22,24,25);3-10H,1-2H2,(H2,17,24,25)(H3,18,19,20,21,22,23);6*1H/b6-2+;;;;;;;;;. The van der Waals surface area contributed by atoms with Crippen LogP contribution in [0.2, 0.25) is 0 Å². The first-order valence-electron chi connectivity index (χ1n) is 32.0. The Morgan fingerprint density at radius 2 is 0.949 bits per heavy atom. The molecule has 17 rings (SSSR count). The van der Waals surface area contributed by atoms with Gasteiger partial charge in [0.2, 0.25) is 21.9 Å². The van der Waals surface area contributed by atoms with Crippen molar-refractivity contribution < 1.29 is 17.0 Å². The van der Waals surface area contributed by atoms with Gasteiger partial charge in [0.15, 0.2) is 40.7 Å². The molecule has 4 saturated carbocycles. The maximum Gasteiger partial charge on any atom is 0.238 e. The molecule has 0 atom stereocenters. The Balaban J connectivity index is 0.000000172. The minimum Gasteiger partial charge on any atom is -0.324 e. The van der Waals surface area contributed by atoms with Crippen LogP contribution < -0.4 is 37.0 Å². The maximum absolute atomic E-state index is 11.3. The van der Waals surface area contributed by atoms with E-state index in [1.165, 1.54) is 74.9 Å². The topological polar surface area (TPSA) is 379 Å². The van der Waals surface area contributed by atoms with Crippen molar-refractivity contribution in [3.8, 4) is 35.1 Å². The van der Waals surface area contributed by atoms with Crippen molar-refractivity contribution in [1.82, 2.24) is 90.9 Å². The zero-order chi connectivity index (χ0) is 66.8. The first kappa shape index (κ1) is 62.9. The molecule has 28 heteroatoms. The second kappa shape index (κ2) is 28.6. The number of terminal acetylenes is 1. The lowest BCUT2D eigenvalue weighted by atomic mass is 10.2. The number of aromatic amines is 5. The number of anilines is 12. The minimum absolute atomic E-state index is 0. The molecule has 4 aromatic carbocycles. The molecule has 4 aliphatic carbocycles. The fraction of sp³-hybridized carbons (Fsp3) is 0.186. The number of nitrogens with one attached hydrogen (secondary N) is 11. The smallest absolute Gasteiger partial charge is 0.238 e. The van der Waals surface area contributed by atoms with Gasteiger partial charge in [0.05, 0.1) is 22.2 Å². The summed E-state index contributed by atoms with van der Waals surface area (Å²) < 4.78 is 22.6. The summed E-state index contributed by atoms with van der Waals surface area (Å²) in [7, 11) is -3.71. The molecule has 0 radical (unpaired) electrons. The molecule has 0 spiro atoms. The van der Waals surface area contributed by atoms with Crippen molar-refractivity contribution in [3.05, 3.63) is 210 Å². The number of benzene rings is 4. The van der Waals surface area contributed by atoms with E-state index in [0.29, 0.717) is 81.7 Å². The average molecular weight is 1330 g/mol. The summed E-state index contributed by atoms with van der Waals surface area (Å²) in [6, 6.07) is 43.4. The Kier molecular flexibility index (Phi) is 18.4. The van der Waals surface area contributed by atoms with Crippen molar-refractivity contribution in [2.75, 3.05) is 31.9 Å². The fourth-order valence-corrected chi connectivity index (χ4v) is 10.8. The lowest BCUT2D eigenvalue weighted by molar-refractivity contribution is 0.598. The summed E-state index contributed by atoms with van der Waals surface area (Å²) in [5, 5.41) is 61.6. The zero-order valence-corrected chi connectivity index (χ0v) is 53.8. The molecule has 0 aliphatic heterocycles. The molecule has 0 saturated heterocycles. The van der Waals surface area contributed by atoms with E-state index < -0.39 is 10.0 Å². The third kappa shape index (κ3) is 16.5.